The van der Waals surface area contributed by atoms with E-state index in [0.717, 1.165) is 24.7 Å². The van der Waals surface area contributed by atoms with E-state index in [-0.39, 0.29) is 5.41 Å². The molecule has 1 N–H and O–H groups in total. The molecule has 0 unspecified atom stereocenters. The van der Waals surface area contributed by atoms with Crippen molar-refractivity contribution in [3.8, 4) is 5.75 Å². The summed E-state index contributed by atoms with van der Waals surface area (Å²) in [6.45, 7) is 2.18. The van der Waals surface area contributed by atoms with E-state index < -0.39 is 10.0 Å². The van der Waals surface area contributed by atoms with Crippen LogP contribution >= 0.6 is 0 Å². The van der Waals surface area contributed by atoms with Gasteiger partial charge in [0.25, 0.3) is 0 Å². The first-order valence-electron chi connectivity index (χ1n) is 5.50. The second-order valence-electron chi connectivity index (χ2n) is 4.85. The SMILES string of the molecule is COc1ccc(C2(C)CC2)cc1NS(C)(=O)=O. The molecule has 94 valence electrons. The third-order valence-electron chi connectivity index (χ3n) is 3.19. The Kier molecular flexibility index (Phi) is 2.81. The zero-order valence-electron chi connectivity index (χ0n) is 10.3. The molecular formula is C12H17NO3S. The summed E-state index contributed by atoms with van der Waals surface area (Å²) >= 11 is 0. The number of benzene rings is 1. The third kappa shape index (κ3) is 2.72. The van der Waals surface area contributed by atoms with Gasteiger partial charge in [0.05, 0.1) is 19.1 Å². The number of hydrogen-bond acceptors (Lipinski definition) is 3. The van der Waals surface area contributed by atoms with Crippen molar-refractivity contribution in [2.75, 3.05) is 18.1 Å². The van der Waals surface area contributed by atoms with Crippen LogP contribution in [0.3, 0.4) is 0 Å². The first-order valence-corrected chi connectivity index (χ1v) is 7.39. The van der Waals surface area contributed by atoms with Crippen LogP contribution in [0.2, 0.25) is 0 Å². The molecule has 0 radical (unpaired) electrons. The Labute approximate surface area is 102 Å². The number of nitrogens with one attached hydrogen (secondary N) is 1. The average molecular weight is 255 g/mol. The van der Waals surface area contributed by atoms with Crippen LogP contribution in [0, 0.1) is 0 Å². The second-order valence-corrected chi connectivity index (χ2v) is 6.60. The molecule has 1 fully saturated rings. The highest BCUT2D eigenvalue weighted by Gasteiger charge is 2.39. The number of methoxy groups -OCH3 is 1. The zero-order chi connectivity index (χ0) is 12.7. The van der Waals surface area contributed by atoms with E-state index >= 15 is 0 Å². The summed E-state index contributed by atoms with van der Waals surface area (Å²) in [5.74, 6) is 0.545. The van der Waals surface area contributed by atoms with Gasteiger partial charge in [-0.25, -0.2) is 8.42 Å². The molecule has 0 amide bonds. The van der Waals surface area contributed by atoms with Crippen LogP contribution in [0.5, 0.6) is 5.75 Å². The predicted octanol–water partition coefficient (Wildman–Crippen LogP) is 2.12. The van der Waals surface area contributed by atoms with Crippen molar-refractivity contribution >= 4 is 15.7 Å². The second kappa shape index (κ2) is 3.91. The highest BCUT2D eigenvalue weighted by molar-refractivity contribution is 7.92. The molecule has 0 aliphatic heterocycles. The quantitative estimate of drug-likeness (QED) is 0.896. The van der Waals surface area contributed by atoms with Crippen LogP contribution in [0.15, 0.2) is 18.2 Å². The molecular weight excluding hydrogens is 238 g/mol. The van der Waals surface area contributed by atoms with E-state index in [1.165, 1.54) is 7.11 Å². The lowest BCUT2D eigenvalue weighted by Crippen LogP contribution is -2.11. The Morgan fingerprint density at radius 2 is 2.00 bits per heavy atom. The summed E-state index contributed by atoms with van der Waals surface area (Å²) in [6, 6.07) is 5.68. The summed E-state index contributed by atoms with van der Waals surface area (Å²) in [5.41, 5.74) is 1.88. The molecule has 0 spiro atoms. The van der Waals surface area contributed by atoms with Crippen molar-refractivity contribution in [2.45, 2.75) is 25.2 Å². The minimum absolute atomic E-state index is 0.209. The van der Waals surface area contributed by atoms with Gasteiger partial charge in [0.15, 0.2) is 0 Å². The summed E-state index contributed by atoms with van der Waals surface area (Å²) < 4.78 is 30.2. The van der Waals surface area contributed by atoms with Crippen LogP contribution < -0.4 is 9.46 Å². The van der Waals surface area contributed by atoms with Crippen LogP contribution in [0.1, 0.15) is 25.3 Å². The minimum Gasteiger partial charge on any atom is -0.495 e. The fourth-order valence-corrected chi connectivity index (χ4v) is 2.40. The average Bonchev–Trinajstić information content (AvgIpc) is 2.95. The van der Waals surface area contributed by atoms with E-state index in [0.29, 0.717) is 11.4 Å². The molecule has 1 aliphatic carbocycles. The van der Waals surface area contributed by atoms with Crippen molar-refractivity contribution in [2.24, 2.45) is 0 Å². The van der Waals surface area contributed by atoms with Gasteiger partial charge in [-0.05, 0) is 36.0 Å². The van der Waals surface area contributed by atoms with Crippen molar-refractivity contribution < 1.29 is 13.2 Å². The lowest BCUT2D eigenvalue weighted by Gasteiger charge is -2.14. The van der Waals surface area contributed by atoms with Gasteiger partial charge in [0, 0.05) is 0 Å². The smallest absolute Gasteiger partial charge is 0.229 e. The molecule has 4 nitrogen and oxygen atoms in total. The maximum atomic E-state index is 11.3. The number of hydrogen-bond donors (Lipinski definition) is 1. The largest absolute Gasteiger partial charge is 0.495 e. The van der Waals surface area contributed by atoms with Crippen molar-refractivity contribution in [1.29, 1.82) is 0 Å². The topological polar surface area (TPSA) is 55.4 Å². The summed E-state index contributed by atoms with van der Waals surface area (Å²) in [5, 5.41) is 0. The lowest BCUT2D eigenvalue weighted by atomic mass is 9.98. The highest BCUT2D eigenvalue weighted by atomic mass is 32.2. The van der Waals surface area contributed by atoms with E-state index in [1.807, 2.05) is 18.2 Å². The number of sulfonamides is 1. The van der Waals surface area contributed by atoms with E-state index in [1.54, 1.807) is 0 Å². The molecule has 5 heteroatoms. The zero-order valence-corrected chi connectivity index (χ0v) is 11.1. The molecule has 1 aromatic rings. The van der Waals surface area contributed by atoms with Gasteiger partial charge in [-0.15, -0.1) is 0 Å². The molecule has 0 aromatic heterocycles. The third-order valence-corrected chi connectivity index (χ3v) is 3.78. The molecule has 0 saturated heterocycles. The predicted molar refractivity (Wildman–Crippen MR) is 68.0 cm³/mol. The van der Waals surface area contributed by atoms with Gasteiger partial charge in [-0.2, -0.15) is 0 Å². The molecule has 1 saturated carbocycles. The minimum atomic E-state index is -3.28. The fraction of sp³-hybridized carbons (Fsp3) is 0.500. The summed E-state index contributed by atoms with van der Waals surface area (Å²) in [4.78, 5) is 0. The molecule has 2 rings (SSSR count). The Hall–Kier alpha value is -1.23. The van der Waals surface area contributed by atoms with Gasteiger partial charge in [0.1, 0.15) is 5.75 Å². The van der Waals surface area contributed by atoms with Crippen LogP contribution in [-0.2, 0) is 15.4 Å². The number of rotatable bonds is 4. The Morgan fingerprint density at radius 3 is 2.47 bits per heavy atom. The van der Waals surface area contributed by atoms with Gasteiger partial charge < -0.3 is 4.74 Å². The first-order chi connectivity index (χ1) is 7.84. The normalized spacial score (nSPS) is 17.6. The van der Waals surface area contributed by atoms with Crippen LogP contribution in [-0.4, -0.2) is 21.8 Å². The molecule has 1 aliphatic rings. The molecule has 1 aromatic carbocycles. The lowest BCUT2D eigenvalue weighted by molar-refractivity contribution is 0.416. The molecule has 0 heterocycles. The maximum Gasteiger partial charge on any atom is 0.229 e. The standard InChI is InChI=1S/C12H17NO3S/c1-12(6-7-12)9-4-5-11(16-2)10(8-9)13-17(3,14)15/h4-5,8,13H,6-7H2,1-3H3. The van der Waals surface area contributed by atoms with Gasteiger partial charge >= 0.3 is 0 Å². The number of ether oxygens (including phenoxy) is 1. The Morgan fingerprint density at radius 1 is 1.35 bits per heavy atom. The van der Waals surface area contributed by atoms with E-state index in [4.69, 9.17) is 4.74 Å². The molecule has 0 atom stereocenters. The van der Waals surface area contributed by atoms with Gasteiger partial charge in [-0.1, -0.05) is 13.0 Å². The molecule has 0 bridgehead atoms. The van der Waals surface area contributed by atoms with Crippen molar-refractivity contribution in [3.05, 3.63) is 23.8 Å². The van der Waals surface area contributed by atoms with Gasteiger partial charge in [0.2, 0.25) is 10.0 Å². The Balaban J connectivity index is 2.40. The van der Waals surface area contributed by atoms with Crippen LogP contribution in [0.4, 0.5) is 5.69 Å². The number of anilines is 1. The van der Waals surface area contributed by atoms with E-state index in [9.17, 15) is 8.42 Å². The maximum absolute atomic E-state index is 11.3. The monoisotopic (exact) mass is 255 g/mol. The molecule has 17 heavy (non-hydrogen) atoms. The van der Waals surface area contributed by atoms with Gasteiger partial charge in [-0.3, -0.25) is 4.72 Å². The highest BCUT2D eigenvalue weighted by Crippen LogP contribution is 2.48. The summed E-state index contributed by atoms with van der Waals surface area (Å²) in [6.07, 6.45) is 3.44. The van der Waals surface area contributed by atoms with Crippen molar-refractivity contribution in [1.82, 2.24) is 0 Å². The summed E-state index contributed by atoms with van der Waals surface area (Å²) in [7, 11) is -1.75. The van der Waals surface area contributed by atoms with E-state index in [2.05, 4.69) is 11.6 Å². The van der Waals surface area contributed by atoms with Crippen molar-refractivity contribution in [3.63, 3.8) is 0 Å². The fourth-order valence-electron chi connectivity index (χ4n) is 1.84. The first kappa shape index (κ1) is 12.2. The van der Waals surface area contributed by atoms with Crippen LogP contribution in [0.25, 0.3) is 0 Å². The Bertz CT molecular complexity index is 533.